The van der Waals surface area contributed by atoms with Gasteiger partial charge in [-0.25, -0.2) is 0 Å². The average molecular weight is 207 g/mol. The Hall–Kier alpha value is -1.25. The third-order valence-electron chi connectivity index (χ3n) is 2.29. The van der Waals surface area contributed by atoms with E-state index >= 15 is 0 Å². The van der Waals surface area contributed by atoms with Gasteiger partial charge in [0.15, 0.2) is 0 Å². The molecule has 2 nitrogen and oxygen atoms in total. The molecule has 0 amide bonds. The van der Waals surface area contributed by atoms with Crippen LogP contribution in [0.15, 0.2) is 37.1 Å². The summed E-state index contributed by atoms with van der Waals surface area (Å²) >= 11 is 5.91. The molecular weight excluding hydrogens is 196 g/mol. The molecule has 1 aromatic carbocycles. The zero-order valence-electron chi connectivity index (χ0n) is 7.63. The standard InChI is InChI=1S/C11H11ClN2/c1-2-10(13)9-6-14-11-4-3-7(12)5-8(9)11/h2-6,10,14H,1,13H2/t10-/m0/s1. The lowest BCUT2D eigenvalue weighted by atomic mass is 10.1. The van der Waals surface area contributed by atoms with Crippen LogP contribution in [-0.4, -0.2) is 4.98 Å². The van der Waals surface area contributed by atoms with Gasteiger partial charge in [0.2, 0.25) is 0 Å². The quantitative estimate of drug-likeness (QED) is 0.729. The summed E-state index contributed by atoms with van der Waals surface area (Å²) in [7, 11) is 0. The molecule has 0 saturated heterocycles. The van der Waals surface area contributed by atoms with Crippen LogP contribution in [0.2, 0.25) is 5.02 Å². The minimum Gasteiger partial charge on any atom is -0.361 e. The van der Waals surface area contributed by atoms with Crippen LogP contribution >= 0.6 is 11.6 Å². The van der Waals surface area contributed by atoms with Gasteiger partial charge in [0, 0.05) is 28.2 Å². The highest BCUT2D eigenvalue weighted by molar-refractivity contribution is 6.31. The summed E-state index contributed by atoms with van der Waals surface area (Å²) in [6.07, 6.45) is 3.61. The molecule has 2 aromatic rings. The molecule has 72 valence electrons. The van der Waals surface area contributed by atoms with Gasteiger partial charge in [-0.2, -0.15) is 0 Å². The molecule has 0 aliphatic carbocycles. The van der Waals surface area contributed by atoms with Crippen molar-refractivity contribution in [3.8, 4) is 0 Å². The van der Waals surface area contributed by atoms with Gasteiger partial charge < -0.3 is 10.7 Å². The molecule has 1 heterocycles. The summed E-state index contributed by atoms with van der Waals surface area (Å²) in [6.45, 7) is 3.67. The third kappa shape index (κ3) is 1.43. The van der Waals surface area contributed by atoms with Crippen molar-refractivity contribution in [3.05, 3.63) is 47.6 Å². The number of rotatable bonds is 2. The Balaban J connectivity index is 2.66. The lowest BCUT2D eigenvalue weighted by Crippen LogP contribution is -2.05. The summed E-state index contributed by atoms with van der Waals surface area (Å²) < 4.78 is 0. The van der Waals surface area contributed by atoms with Crippen LogP contribution in [0.5, 0.6) is 0 Å². The van der Waals surface area contributed by atoms with Crippen molar-refractivity contribution in [1.82, 2.24) is 4.98 Å². The predicted molar refractivity (Wildman–Crippen MR) is 60.4 cm³/mol. The van der Waals surface area contributed by atoms with Crippen LogP contribution in [0.3, 0.4) is 0 Å². The summed E-state index contributed by atoms with van der Waals surface area (Å²) in [5.74, 6) is 0. The van der Waals surface area contributed by atoms with E-state index in [2.05, 4.69) is 11.6 Å². The van der Waals surface area contributed by atoms with Crippen molar-refractivity contribution in [2.75, 3.05) is 0 Å². The Bertz CT molecular complexity index is 473. The fourth-order valence-corrected chi connectivity index (χ4v) is 1.69. The van der Waals surface area contributed by atoms with Gasteiger partial charge in [0.1, 0.15) is 0 Å². The number of hydrogen-bond donors (Lipinski definition) is 2. The second-order valence-corrected chi connectivity index (χ2v) is 3.63. The Morgan fingerprint density at radius 1 is 1.50 bits per heavy atom. The Labute approximate surface area is 87.4 Å². The Morgan fingerprint density at radius 2 is 2.29 bits per heavy atom. The highest BCUT2D eigenvalue weighted by Gasteiger charge is 2.08. The largest absolute Gasteiger partial charge is 0.361 e. The van der Waals surface area contributed by atoms with E-state index < -0.39 is 0 Å². The predicted octanol–water partition coefficient (Wildman–Crippen LogP) is 3.01. The van der Waals surface area contributed by atoms with Crippen molar-refractivity contribution in [2.45, 2.75) is 6.04 Å². The maximum absolute atomic E-state index is 5.91. The van der Waals surface area contributed by atoms with Gasteiger partial charge in [-0.3, -0.25) is 0 Å². The van der Waals surface area contributed by atoms with E-state index in [0.717, 1.165) is 21.5 Å². The zero-order valence-corrected chi connectivity index (χ0v) is 8.38. The van der Waals surface area contributed by atoms with E-state index in [1.807, 2.05) is 24.4 Å². The summed E-state index contributed by atoms with van der Waals surface area (Å²) in [4.78, 5) is 3.14. The maximum atomic E-state index is 5.91. The average Bonchev–Trinajstić information content (AvgIpc) is 2.59. The van der Waals surface area contributed by atoms with Crippen LogP contribution in [0, 0.1) is 0 Å². The van der Waals surface area contributed by atoms with Crippen LogP contribution in [0.1, 0.15) is 11.6 Å². The Morgan fingerprint density at radius 3 is 3.00 bits per heavy atom. The number of aromatic nitrogens is 1. The normalized spacial score (nSPS) is 13.0. The van der Waals surface area contributed by atoms with Crippen molar-refractivity contribution in [1.29, 1.82) is 0 Å². The van der Waals surface area contributed by atoms with Crippen molar-refractivity contribution >= 4 is 22.5 Å². The second-order valence-electron chi connectivity index (χ2n) is 3.20. The van der Waals surface area contributed by atoms with Crippen LogP contribution in [-0.2, 0) is 0 Å². The molecule has 0 aliphatic rings. The third-order valence-corrected chi connectivity index (χ3v) is 2.52. The number of benzene rings is 1. The zero-order chi connectivity index (χ0) is 10.1. The van der Waals surface area contributed by atoms with Gasteiger partial charge in [0.05, 0.1) is 0 Å². The SMILES string of the molecule is C=C[C@H](N)c1c[nH]c2ccc(Cl)cc12. The van der Waals surface area contributed by atoms with Crippen molar-refractivity contribution < 1.29 is 0 Å². The summed E-state index contributed by atoms with van der Waals surface area (Å²) in [5.41, 5.74) is 7.94. The van der Waals surface area contributed by atoms with E-state index in [0.29, 0.717) is 0 Å². The first-order valence-electron chi connectivity index (χ1n) is 4.37. The van der Waals surface area contributed by atoms with Crippen LogP contribution < -0.4 is 5.73 Å². The van der Waals surface area contributed by atoms with Gasteiger partial charge >= 0.3 is 0 Å². The minimum absolute atomic E-state index is 0.151. The van der Waals surface area contributed by atoms with E-state index in [1.165, 1.54) is 0 Å². The molecule has 0 bridgehead atoms. The number of H-pyrrole nitrogens is 1. The first kappa shape index (κ1) is 9.31. The van der Waals surface area contributed by atoms with E-state index in [4.69, 9.17) is 17.3 Å². The molecule has 0 aliphatic heterocycles. The van der Waals surface area contributed by atoms with Crippen molar-refractivity contribution in [2.24, 2.45) is 5.73 Å². The van der Waals surface area contributed by atoms with Gasteiger partial charge in [-0.05, 0) is 23.8 Å². The first-order valence-corrected chi connectivity index (χ1v) is 4.75. The highest BCUT2D eigenvalue weighted by atomic mass is 35.5. The van der Waals surface area contributed by atoms with E-state index in [1.54, 1.807) is 6.08 Å². The van der Waals surface area contributed by atoms with E-state index in [-0.39, 0.29) is 6.04 Å². The van der Waals surface area contributed by atoms with Gasteiger partial charge in [-0.1, -0.05) is 17.7 Å². The molecule has 14 heavy (non-hydrogen) atoms. The van der Waals surface area contributed by atoms with Crippen LogP contribution in [0.25, 0.3) is 10.9 Å². The second kappa shape index (κ2) is 3.48. The lowest BCUT2D eigenvalue weighted by Gasteiger charge is -2.03. The first-order chi connectivity index (χ1) is 6.72. The fourth-order valence-electron chi connectivity index (χ4n) is 1.52. The summed E-state index contributed by atoms with van der Waals surface area (Å²) in [5, 5.41) is 1.78. The topological polar surface area (TPSA) is 41.8 Å². The molecule has 2 rings (SSSR count). The van der Waals surface area contributed by atoms with Gasteiger partial charge in [0.25, 0.3) is 0 Å². The maximum Gasteiger partial charge on any atom is 0.0499 e. The van der Waals surface area contributed by atoms with Gasteiger partial charge in [-0.15, -0.1) is 6.58 Å². The lowest BCUT2D eigenvalue weighted by molar-refractivity contribution is 0.924. The molecule has 0 saturated carbocycles. The molecule has 0 spiro atoms. The number of nitrogens with two attached hydrogens (primary N) is 1. The van der Waals surface area contributed by atoms with Crippen molar-refractivity contribution in [3.63, 3.8) is 0 Å². The molecule has 1 atom stereocenters. The number of halogens is 1. The molecule has 0 radical (unpaired) electrons. The number of hydrogen-bond acceptors (Lipinski definition) is 1. The number of fused-ring (bicyclic) bond motifs is 1. The minimum atomic E-state index is -0.151. The monoisotopic (exact) mass is 206 g/mol. The molecule has 0 fully saturated rings. The highest BCUT2D eigenvalue weighted by Crippen LogP contribution is 2.26. The molecule has 0 unspecified atom stereocenters. The fraction of sp³-hybridized carbons (Fsp3) is 0.0909. The smallest absolute Gasteiger partial charge is 0.0499 e. The molecule has 1 aromatic heterocycles. The number of nitrogens with one attached hydrogen (secondary N) is 1. The molecular formula is C11H11ClN2. The van der Waals surface area contributed by atoms with Crippen LogP contribution in [0.4, 0.5) is 0 Å². The summed E-state index contributed by atoms with van der Waals surface area (Å²) in [6, 6.07) is 5.55. The number of aromatic amines is 1. The molecule has 3 heteroatoms. The Kier molecular flexibility index (Phi) is 2.32. The van der Waals surface area contributed by atoms with E-state index in [9.17, 15) is 0 Å². The molecule has 3 N–H and O–H groups in total.